The van der Waals surface area contributed by atoms with Crippen molar-refractivity contribution in [2.45, 2.75) is 18.2 Å². The minimum absolute atomic E-state index is 0.0963. The molecule has 1 heterocycles. The van der Waals surface area contributed by atoms with Crippen molar-refractivity contribution >= 4 is 38.1 Å². The van der Waals surface area contributed by atoms with Crippen LogP contribution in [0.5, 0.6) is 0 Å². The van der Waals surface area contributed by atoms with Crippen molar-refractivity contribution in [3.05, 3.63) is 71.0 Å². The number of rotatable bonds is 8. The number of sulfonamides is 1. The lowest BCUT2D eigenvalue weighted by atomic mass is 10.2. The first-order chi connectivity index (χ1) is 14.3. The van der Waals surface area contributed by atoms with Crippen LogP contribution in [-0.2, 0) is 14.8 Å². The second kappa shape index (κ2) is 8.97. The minimum atomic E-state index is -3.96. The number of hydrogen-bond donors (Lipinski definition) is 1. The zero-order chi connectivity index (χ0) is 21.7. The Hall–Kier alpha value is -3.37. The van der Waals surface area contributed by atoms with E-state index >= 15 is 0 Å². The first kappa shape index (κ1) is 21.3. The molecule has 1 amide bonds. The molecule has 1 aromatic heterocycles. The number of aromatic nitrogens is 1. The summed E-state index contributed by atoms with van der Waals surface area (Å²) in [7, 11) is -3.96. The molecule has 156 valence electrons. The van der Waals surface area contributed by atoms with E-state index in [9.17, 15) is 23.3 Å². The number of benzene rings is 2. The molecule has 3 aromatic rings. The van der Waals surface area contributed by atoms with Gasteiger partial charge in [0.25, 0.3) is 5.69 Å². The molecular formula is C20H20N4O5S. The Morgan fingerprint density at radius 2 is 1.97 bits per heavy atom. The molecule has 0 aliphatic rings. The standard InChI is InChI=1S/C20H20N4O5S/c1-2-11-23(14-20(25)22-16-6-4-7-17(12-16)24(26)27)30(28,29)19-8-3-5-15-13-21-10-9-18(15)19/h3-10,12-13H,2,11,14H2,1H3,(H,22,25). The van der Waals surface area contributed by atoms with E-state index in [1.807, 2.05) is 6.92 Å². The Morgan fingerprint density at radius 3 is 2.70 bits per heavy atom. The number of nitrogens with one attached hydrogen (secondary N) is 1. The summed E-state index contributed by atoms with van der Waals surface area (Å²) in [6, 6.07) is 12.0. The SMILES string of the molecule is CCCN(CC(=O)Nc1cccc([N+](=O)[O-])c1)S(=O)(=O)c1cccc2cnccc12. The van der Waals surface area contributed by atoms with Crippen LogP contribution in [-0.4, -0.2) is 41.6 Å². The predicted molar refractivity (Wildman–Crippen MR) is 113 cm³/mol. The van der Waals surface area contributed by atoms with E-state index in [1.165, 1.54) is 36.5 Å². The van der Waals surface area contributed by atoms with E-state index < -0.39 is 27.4 Å². The van der Waals surface area contributed by atoms with Crippen LogP contribution in [0.3, 0.4) is 0 Å². The fraction of sp³-hybridized carbons (Fsp3) is 0.200. The van der Waals surface area contributed by atoms with Crippen molar-refractivity contribution in [2.75, 3.05) is 18.4 Å². The lowest BCUT2D eigenvalue weighted by Crippen LogP contribution is -2.38. The van der Waals surface area contributed by atoms with Crippen LogP contribution in [0.1, 0.15) is 13.3 Å². The average molecular weight is 428 g/mol. The third-order valence-corrected chi connectivity index (χ3v) is 6.30. The molecule has 0 unspecified atom stereocenters. The van der Waals surface area contributed by atoms with Crippen LogP contribution >= 0.6 is 0 Å². The first-order valence-corrected chi connectivity index (χ1v) is 10.6. The number of pyridine rings is 1. The largest absolute Gasteiger partial charge is 0.325 e. The molecule has 2 aromatic carbocycles. The average Bonchev–Trinajstić information content (AvgIpc) is 2.73. The lowest BCUT2D eigenvalue weighted by molar-refractivity contribution is -0.384. The molecule has 0 fully saturated rings. The molecule has 1 N–H and O–H groups in total. The molecule has 9 nitrogen and oxygen atoms in total. The number of nitrogens with zero attached hydrogens (tertiary/aromatic N) is 3. The smallest absolute Gasteiger partial charge is 0.271 e. The van der Waals surface area contributed by atoms with Gasteiger partial charge in [0, 0.05) is 47.5 Å². The Labute approximate surface area is 173 Å². The number of fused-ring (bicyclic) bond motifs is 1. The number of nitro groups is 1. The summed E-state index contributed by atoms with van der Waals surface area (Å²) in [5.41, 5.74) is 0.0504. The van der Waals surface area contributed by atoms with Crippen LogP contribution in [0, 0.1) is 10.1 Å². The van der Waals surface area contributed by atoms with Crippen LogP contribution in [0.15, 0.2) is 65.8 Å². The number of carbonyl (C=O) groups excluding carboxylic acids is 1. The zero-order valence-corrected chi connectivity index (χ0v) is 17.0. The topological polar surface area (TPSA) is 123 Å². The summed E-state index contributed by atoms with van der Waals surface area (Å²) in [6.07, 6.45) is 3.60. The highest BCUT2D eigenvalue weighted by atomic mass is 32.2. The molecule has 0 saturated carbocycles. The Morgan fingerprint density at radius 1 is 1.20 bits per heavy atom. The van der Waals surface area contributed by atoms with Gasteiger partial charge in [-0.25, -0.2) is 8.42 Å². The summed E-state index contributed by atoms with van der Waals surface area (Å²) < 4.78 is 27.7. The molecule has 0 aliphatic carbocycles. The van der Waals surface area contributed by atoms with Gasteiger partial charge >= 0.3 is 0 Å². The third kappa shape index (κ3) is 4.61. The second-order valence-corrected chi connectivity index (χ2v) is 8.45. The molecule has 30 heavy (non-hydrogen) atoms. The van der Waals surface area contributed by atoms with E-state index in [2.05, 4.69) is 10.3 Å². The zero-order valence-electron chi connectivity index (χ0n) is 16.2. The molecule has 0 saturated heterocycles. The number of nitro benzene ring substituents is 1. The maximum Gasteiger partial charge on any atom is 0.271 e. The van der Waals surface area contributed by atoms with E-state index in [4.69, 9.17) is 0 Å². The normalized spacial score (nSPS) is 11.5. The van der Waals surface area contributed by atoms with E-state index in [1.54, 1.807) is 24.4 Å². The summed E-state index contributed by atoms with van der Waals surface area (Å²) in [5, 5.41) is 14.6. The van der Waals surface area contributed by atoms with Gasteiger partial charge in [-0.2, -0.15) is 4.31 Å². The van der Waals surface area contributed by atoms with Crippen molar-refractivity contribution in [3.8, 4) is 0 Å². The summed E-state index contributed by atoms with van der Waals surface area (Å²) in [6.45, 7) is 1.54. The summed E-state index contributed by atoms with van der Waals surface area (Å²) in [4.78, 5) is 27.0. The molecule has 10 heteroatoms. The highest BCUT2D eigenvalue weighted by Crippen LogP contribution is 2.25. The quantitative estimate of drug-likeness (QED) is 0.434. The summed E-state index contributed by atoms with van der Waals surface area (Å²) in [5.74, 6) is -0.588. The predicted octanol–water partition coefficient (Wildman–Crippen LogP) is 3.18. The number of anilines is 1. The van der Waals surface area contributed by atoms with Gasteiger partial charge in [0.15, 0.2) is 0 Å². The molecule has 0 radical (unpaired) electrons. The number of hydrogen-bond acceptors (Lipinski definition) is 6. The fourth-order valence-corrected chi connectivity index (χ4v) is 4.75. The van der Waals surface area contributed by atoms with Gasteiger partial charge in [0.05, 0.1) is 16.4 Å². The molecule has 0 spiro atoms. The van der Waals surface area contributed by atoms with Gasteiger partial charge in [-0.05, 0) is 24.6 Å². The molecular weight excluding hydrogens is 408 g/mol. The van der Waals surface area contributed by atoms with Gasteiger partial charge in [-0.1, -0.05) is 25.1 Å². The fourth-order valence-electron chi connectivity index (χ4n) is 3.05. The lowest BCUT2D eigenvalue weighted by Gasteiger charge is -2.22. The van der Waals surface area contributed by atoms with Gasteiger partial charge < -0.3 is 5.32 Å². The van der Waals surface area contributed by atoms with Crippen molar-refractivity contribution in [3.63, 3.8) is 0 Å². The molecule has 3 rings (SSSR count). The second-order valence-electron chi connectivity index (χ2n) is 6.55. The number of non-ortho nitro benzene ring substituents is 1. The summed E-state index contributed by atoms with van der Waals surface area (Å²) >= 11 is 0. The molecule has 0 atom stereocenters. The van der Waals surface area contributed by atoms with Crippen molar-refractivity contribution < 1.29 is 18.1 Å². The minimum Gasteiger partial charge on any atom is -0.325 e. The highest BCUT2D eigenvalue weighted by molar-refractivity contribution is 7.89. The van der Waals surface area contributed by atoms with Crippen molar-refractivity contribution in [2.24, 2.45) is 0 Å². The van der Waals surface area contributed by atoms with Crippen LogP contribution in [0.2, 0.25) is 0 Å². The Kier molecular flexibility index (Phi) is 6.38. The van der Waals surface area contributed by atoms with Crippen LogP contribution in [0.25, 0.3) is 10.8 Å². The van der Waals surface area contributed by atoms with Crippen molar-refractivity contribution in [1.82, 2.24) is 9.29 Å². The van der Waals surface area contributed by atoms with Crippen LogP contribution < -0.4 is 5.32 Å². The third-order valence-electron chi connectivity index (χ3n) is 4.39. The van der Waals surface area contributed by atoms with Gasteiger partial charge in [0.2, 0.25) is 15.9 Å². The van der Waals surface area contributed by atoms with E-state index in [0.29, 0.717) is 17.2 Å². The van der Waals surface area contributed by atoms with Gasteiger partial charge in [0.1, 0.15) is 0 Å². The molecule has 0 bridgehead atoms. The molecule has 0 aliphatic heterocycles. The van der Waals surface area contributed by atoms with Gasteiger partial charge in [-0.3, -0.25) is 19.9 Å². The van der Waals surface area contributed by atoms with Gasteiger partial charge in [-0.15, -0.1) is 0 Å². The van der Waals surface area contributed by atoms with E-state index in [-0.39, 0.29) is 22.8 Å². The van der Waals surface area contributed by atoms with E-state index in [0.717, 1.165) is 4.31 Å². The maximum absolute atomic E-state index is 13.3. The highest BCUT2D eigenvalue weighted by Gasteiger charge is 2.27. The number of carbonyl (C=O) groups is 1. The Bertz CT molecular complexity index is 1190. The Balaban J connectivity index is 1.87. The number of amides is 1. The van der Waals surface area contributed by atoms with Crippen LogP contribution in [0.4, 0.5) is 11.4 Å². The maximum atomic E-state index is 13.3. The van der Waals surface area contributed by atoms with Crippen molar-refractivity contribution in [1.29, 1.82) is 0 Å². The first-order valence-electron chi connectivity index (χ1n) is 9.20. The monoisotopic (exact) mass is 428 g/mol.